The number of hydrogen-bond donors (Lipinski definition) is 0. The molecule has 19 heavy (non-hydrogen) atoms. The second-order valence-corrected chi connectivity index (χ2v) is 4.90. The van der Waals surface area contributed by atoms with Gasteiger partial charge in [-0.2, -0.15) is 0 Å². The molecule has 0 unspecified atom stereocenters. The van der Waals surface area contributed by atoms with Gasteiger partial charge in [0.15, 0.2) is 0 Å². The number of pyridine rings is 1. The Morgan fingerprint density at radius 3 is 2.58 bits per heavy atom. The van der Waals surface area contributed by atoms with Gasteiger partial charge in [0.05, 0.1) is 11.8 Å². The van der Waals surface area contributed by atoms with E-state index in [1.807, 2.05) is 24.6 Å². The van der Waals surface area contributed by atoms with Crippen LogP contribution in [-0.4, -0.2) is 4.98 Å². The van der Waals surface area contributed by atoms with E-state index in [2.05, 4.69) is 35.3 Å². The highest BCUT2D eigenvalue weighted by molar-refractivity contribution is 6.31. The highest BCUT2D eigenvalue weighted by Gasteiger charge is 2.15. The van der Waals surface area contributed by atoms with Gasteiger partial charge in [0.25, 0.3) is 0 Å². The van der Waals surface area contributed by atoms with E-state index >= 15 is 0 Å². The van der Waals surface area contributed by atoms with Crippen molar-refractivity contribution in [1.29, 1.82) is 0 Å². The second kappa shape index (κ2) is 3.04. The third-order valence-corrected chi connectivity index (χ3v) is 3.92. The fourth-order valence-corrected chi connectivity index (χ4v) is 3.10. The normalized spacial score (nSPS) is 12.2. The number of furan rings is 1. The van der Waals surface area contributed by atoms with Gasteiger partial charge in [-0.15, -0.1) is 0 Å². The SMILES string of the molecule is c1ccc2c(c1)c1nccc3ccc4coc2c4c31. The van der Waals surface area contributed by atoms with E-state index in [1.54, 1.807) is 0 Å². The Labute approximate surface area is 108 Å². The number of aromatic nitrogens is 1. The molecule has 0 aliphatic heterocycles. The molecule has 0 radical (unpaired) electrons. The van der Waals surface area contributed by atoms with Crippen molar-refractivity contribution in [2.24, 2.45) is 0 Å². The molecule has 0 fully saturated rings. The van der Waals surface area contributed by atoms with Crippen molar-refractivity contribution in [2.45, 2.75) is 0 Å². The molecule has 0 N–H and O–H groups in total. The van der Waals surface area contributed by atoms with Gasteiger partial charge >= 0.3 is 0 Å². The van der Waals surface area contributed by atoms with Gasteiger partial charge < -0.3 is 4.42 Å². The van der Waals surface area contributed by atoms with Crippen molar-refractivity contribution in [3.63, 3.8) is 0 Å². The van der Waals surface area contributed by atoms with Crippen molar-refractivity contribution < 1.29 is 4.42 Å². The zero-order valence-corrected chi connectivity index (χ0v) is 10.1. The maximum Gasteiger partial charge on any atom is 0.143 e. The first-order valence-electron chi connectivity index (χ1n) is 6.32. The Morgan fingerprint density at radius 2 is 1.63 bits per heavy atom. The molecule has 0 bridgehead atoms. The van der Waals surface area contributed by atoms with Crippen LogP contribution in [0.2, 0.25) is 0 Å². The maximum atomic E-state index is 5.82. The first-order chi connectivity index (χ1) is 9.43. The number of benzene rings is 3. The van der Waals surface area contributed by atoms with Crippen LogP contribution in [0.1, 0.15) is 0 Å². The van der Waals surface area contributed by atoms with Gasteiger partial charge in [-0.3, -0.25) is 4.98 Å². The summed E-state index contributed by atoms with van der Waals surface area (Å²) in [7, 11) is 0. The average molecular weight is 243 g/mol. The van der Waals surface area contributed by atoms with Crippen LogP contribution in [0.4, 0.5) is 0 Å². The molecule has 2 heterocycles. The van der Waals surface area contributed by atoms with Gasteiger partial charge in [0.2, 0.25) is 0 Å². The van der Waals surface area contributed by atoms with Crippen LogP contribution in [0.3, 0.4) is 0 Å². The maximum absolute atomic E-state index is 5.82. The summed E-state index contributed by atoms with van der Waals surface area (Å²) in [6.45, 7) is 0. The smallest absolute Gasteiger partial charge is 0.143 e. The summed E-state index contributed by atoms with van der Waals surface area (Å²) in [5.41, 5.74) is 2.03. The quantitative estimate of drug-likeness (QED) is 0.290. The number of fused-ring (bicyclic) bond motifs is 3. The Kier molecular flexibility index (Phi) is 1.49. The molecule has 0 atom stereocenters. The predicted molar refractivity (Wildman–Crippen MR) is 77.7 cm³/mol. The van der Waals surface area contributed by atoms with Gasteiger partial charge in [0, 0.05) is 33.1 Å². The minimum absolute atomic E-state index is 0.969. The predicted octanol–water partition coefficient (Wildman–Crippen LogP) is 4.73. The average Bonchev–Trinajstić information content (AvgIpc) is 2.91. The lowest BCUT2D eigenvalue weighted by Crippen LogP contribution is -1.85. The largest absolute Gasteiger partial charge is 0.463 e. The van der Waals surface area contributed by atoms with Crippen molar-refractivity contribution in [3.8, 4) is 0 Å². The van der Waals surface area contributed by atoms with Crippen molar-refractivity contribution >= 4 is 43.4 Å². The molecule has 3 aromatic carbocycles. The molecule has 2 heteroatoms. The highest BCUT2D eigenvalue weighted by atomic mass is 16.3. The molecule has 0 saturated carbocycles. The molecule has 0 aliphatic rings. The molecule has 0 aliphatic carbocycles. The van der Waals surface area contributed by atoms with E-state index in [0.29, 0.717) is 0 Å². The molecular weight excluding hydrogens is 234 g/mol. The Bertz CT molecular complexity index is 1050. The minimum atomic E-state index is 0.969. The van der Waals surface area contributed by atoms with Crippen molar-refractivity contribution in [2.75, 3.05) is 0 Å². The van der Waals surface area contributed by atoms with Gasteiger partial charge in [0.1, 0.15) is 5.58 Å². The number of nitrogens with zero attached hydrogens (tertiary/aromatic N) is 1. The molecule has 5 rings (SSSR count). The Morgan fingerprint density at radius 1 is 0.789 bits per heavy atom. The first kappa shape index (κ1) is 9.34. The van der Waals surface area contributed by atoms with E-state index in [9.17, 15) is 0 Å². The van der Waals surface area contributed by atoms with Crippen LogP contribution in [0, 0.1) is 0 Å². The third kappa shape index (κ3) is 1.01. The summed E-state index contributed by atoms with van der Waals surface area (Å²) in [5.74, 6) is 0. The zero-order valence-electron chi connectivity index (χ0n) is 10.1. The lowest BCUT2D eigenvalue weighted by molar-refractivity contribution is 0.623. The zero-order chi connectivity index (χ0) is 12.4. The minimum Gasteiger partial charge on any atom is -0.463 e. The summed E-state index contributed by atoms with van der Waals surface area (Å²) < 4.78 is 5.82. The molecular formula is C17H9NO. The summed E-state index contributed by atoms with van der Waals surface area (Å²) >= 11 is 0. The molecule has 2 nitrogen and oxygen atoms in total. The van der Waals surface area contributed by atoms with Gasteiger partial charge in [-0.1, -0.05) is 36.4 Å². The van der Waals surface area contributed by atoms with Crippen LogP contribution < -0.4 is 0 Å². The molecule has 0 amide bonds. The van der Waals surface area contributed by atoms with E-state index in [1.165, 1.54) is 16.2 Å². The molecule has 0 saturated heterocycles. The molecule has 5 aromatic rings. The third-order valence-electron chi connectivity index (χ3n) is 3.92. The lowest BCUT2D eigenvalue weighted by Gasteiger charge is -2.08. The Balaban J connectivity index is 2.34. The second-order valence-electron chi connectivity index (χ2n) is 4.90. The van der Waals surface area contributed by atoms with Crippen LogP contribution in [0.5, 0.6) is 0 Å². The number of rotatable bonds is 0. The van der Waals surface area contributed by atoms with Crippen LogP contribution in [-0.2, 0) is 0 Å². The van der Waals surface area contributed by atoms with E-state index in [-0.39, 0.29) is 0 Å². The van der Waals surface area contributed by atoms with Crippen molar-refractivity contribution in [3.05, 3.63) is 54.9 Å². The first-order valence-corrected chi connectivity index (χ1v) is 6.32. The summed E-state index contributed by atoms with van der Waals surface area (Å²) in [6.07, 6.45) is 3.72. The van der Waals surface area contributed by atoms with Gasteiger partial charge in [-0.05, 0) is 11.5 Å². The summed E-state index contributed by atoms with van der Waals surface area (Å²) in [5, 5.41) is 7.06. The number of hydrogen-bond acceptors (Lipinski definition) is 2. The van der Waals surface area contributed by atoms with Gasteiger partial charge in [-0.25, -0.2) is 0 Å². The van der Waals surface area contributed by atoms with Crippen LogP contribution in [0.25, 0.3) is 43.4 Å². The van der Waals surface area contributed by atoms with E-state index in [4.69, 9.17) is 4.42 Å². The van der Waals surface area contributed by atoms with E-state index < -0.39 is 0 Å². The fraction of sp³-hybridized carbons (Fsp3) is 0. The Hall–Kier alpha value is -2.61. The lowest BCUT2D eigenvalue weighted by atomic mass is 9.97. The fourth-order valence-electron chi connectivity index (χ4n) is 3.10. The topological polar surface area (TPSA) is 26.0 Å². The molecule has 88 valence electrons. The highest BCUT2D eigenvalue weighted by Crippen LogP contribution is 2.40. The summed E-state index contributed by atoms with van der Waals surface area (Å²) in [4.78, 5) is 4.60. The monoisotopic (exact) mass is 243 g/mol. The molecule has 0 spiro atoms. The van der Waals surface area contributed by atoms with E-state index in [0.717, 1.165) is 27.3 Å². The van der Waals surface area contributed by atoms with Crippen molar-refractivity contribution in [1.82, 2.24) is 4.98 Å². The summed E-state index contributed by atoms with van der Waals surface area (Å²) in [6, 6.07) is 14.6. The standard InChI is InChI=1S/C17H9NO/c1-2-4-13-12(3-1)16-14-10(7-8-18-16)5-6-11-9-19-17(13)15(11)14/h1-9H. The molecule has 2 aromatic heterocycles. The van der Waals surface area contributed by atoms with Crippen LogP contribution >= 0.6 is 0 Å². The van der Waals surface area contributed by atoms with Crippen LogP contribution in [0.15, 0.2) is 59.3 Å².